The van der Waals surface area contributed by atoms with Crippen molar-refractivity contribution in [3.8, 4) is 0 Å². The predicted octanol–water partition coefficient (Wildman–Crippen LogP) is 3.87. The molecule has 2 N–H and O–H groups in total. The maximum atomic E-state index is 12.6. The van der Waals surface area contributed by atoms with Gasteiger partial charge in [0.2, 0.25) is 5.91 Å². The number of carbonyl (C=O) groups is 1. The summed E-state index contributed by atoms with van der Waals surface area (Å²) in [6.07, 6.45) is 1.29. The minimum absolute atomic E-state index is 0. The molecule has 1 amide bonds. The highest BCUT2D eigenvalue weighted by Crippen LogP contribution is 2.30. The van der Waals surface area contributed by atoms with E-state index in [2.05, 4.69) is 0 Å². The number of fused-ring (bicyclic) bond motifs is 1. The molecule has 0 fully saturated rings. The Morgan fingerprint density at radius 1 is 1.21 bits per heavy atom. The van der Waals surface area contributed by atoms with Gasteiger partial charge in [-0.05, 0) is 41.7 Å². The molecule has 1 heterocycles. The van der Waals surface area contributed by atoms with Crippen molar-refractivity contribution in [2.24, 2.45) is 5.73 Å². The summed E-state index contributed by atoms with van der Waals surface area (Å²) >= 11 is 12.3. The lowest BCUT2D eigenvalue weighted by Crippen LogP contribution is -2.46. The first-order valence-electron chi connectivity index (χ1n) is 7.59. The molecule has 128 valence electrons. The third-order valence-electron chi connectivity index (χ3n) is 4.18. The van der Waals surface area contributed by atoms with Crippen LogP contribution < -0.4 is 5.73 Å². The average molecular weight is 386 g/mol. The van der Waals surface area contributed by atoms with Crippen molar-refractivity contribution in [3.05, 3.63) is 69.2 Å². The highest BCUT2D eigenvalue weighted by molar-refractivity contribution is 6.35. The number of benzene rings is 2. The van der Waals surface area contributed by atoms with E-state index in [0.29, 0.717) is 29.6 Å². The molecular weight excluding hydrogens is 367 g/mol. The number of halogens is 3. The van der Waals surface area contributed by atoms with Crippen molar-refractivity contribution < 1.29 is 4.79 Å². The van der Waals surface area contributed by atoms with Crippen molar-refractivity contribution in [2.75, 3.05) is 6.54 Å². The summed E-state index contributed by atoms with van der Waals surface area (Å²) in [5.41, 5.74) is 9.27. The number of carbonyl (C=O) groups excluding carboxylic acids is 1. The summed E-state index contributed by atoms with van der Waals surface area (Å²) in [5, 5.41) is 1.25. The lowest BCUT2D eigenvalue weighted by Gasteiger charge is -2.31. The number of hydrogen-bond donors (Lipinski definition) is 1. The maximum absolute atomic E-state index is 12.6. The molecule has 0 unspecified atom stereocenters. The highest BCUT2D eigenvalue weighted by atomic mass is 35.5. The summed E-state index contributed by atoms with van der Waals surface area (Å²) in [6, 6.07) is 12.9. The number of amides is 1. The fourth-order valence-corrected chi connectivity index (χ4v) is 3.56. The first-order valence-corrected chi connectivity index (χ1v) is 8.35. The van der Waals surface area contributed by atoms with Gasteiger partial charge in [0.05, 0.1) is 6.04 Å². The predicted molar refractivity (Wildman–Crippen MR) is 101 cm³/mol. The molecule has 0 saturated heterocycles. The zero-order valence-corrected chi connectivity index (χ0v) is 15.4. The van der Waals surface area contributed by atoms with E-state index >= 15 is 0 Å². The summed E-state index contributed by atoms with van der Waals surface area (Å²) in [4.78, 5) is 14.4. The van der Waals surface area contributed by atoms with E-state index in [4.69, 9.17) is 28.9 Å². The van der Waals surface area contributed by atoms with E-state index in [0.717, 1.165) is 23.1 Å². The Bertz CT molecular complexity index is 722. The molecule has 3 nitrogen and oxygen atoms in total. The van der Waals surface area contributed by atoms with Crippen LogP contribution in [-0.2, 0) is 24.2 Å². The van der Waals surface area contributed by atoms with Gasteiger partial charge in [-0.25, -0.2) is 0 Å². The molecule has 1 atom stereocenters. The Kier molecular flexibility index (Phi) is 6.53. The second-order valence-corrected chi connectivity index (χ2v) is 6.67. The first kappa shape index (κ1) is 19.1. The molecule has 0 radical (unpaired) electrons. The van der Waals surface area contributed by atoms with Crippen LogP contribution in [-0.4, -0.2) is 23.4 Å². The summed E-state index contributed by atoms with van der Waals surface area (Å²) in [6.45, 7) is 1.14. The van der Waals surface area contributed by atoms with Gasteiger partial charge in [0.25, 0.3) is 0 Å². The quantitative estimate of drug-likeness (QED) is 0.872. The largest absolute Gasteiger partial charge is 0.337 e. The molecule has 24 heavy (non-hydrogen) atoms. The number of nitrogens with two attached hydrogens (primary N) is 1. The van der Waals surface area contributed by atoms with Gasteiger partial charge in [0.1, 0.15) is 0 Å². The van der Waals surface area contributed by atoms with Crippen LogP contribution >= 0.6 is 35.6 Å². The van der Waals surface area contributed by atoms with Crippen LogP contribution in [0.25, 0.3) is 0 Å². The van der Waals surface area contributed by atoms with Crippen molar-refractivity contribution in [2.45, 2.75) is 25.4 Å². The Morgan fingerprint density at radius 2 is 1.92 bits per heavy atom. The summed E-state index contributed by atoms with van der Waals surface area (Å²) in [7, 11) is 0. The van der Waals surface area contributed by atoms with Gasteiger partial charge in [-0.1, -0.05) is 53.5 Å². The molecular formula is C18H19Cl3N2O. The van der Waals surface area contributed by atoms with E-state index in [1.54, 1.807) is 11.0 Å². The normalized spacial score (nSPS) is 14.5. The van der Waals surface area contributed by atoms with Crippen LogP contribution in [0.15, 0.2) is 42.5 Å². The minimum Gasteiger partial charge on any atom is -0.337 e. The van der Waals surface area contributed by atoms with Crippen LogP contribution in [0.4, 0.5) is 0 Å². The molecule has 1 aliphatic rings. The van der Waals surface area contributed by atoms with Crippen LogP contribution in [0.1, 0.15) is 16.7 Å². The van der Waals surface area contributed by atoms with Crippen molar-refractivity contribution in [3.63, 3.8) is 0 Å². The Hall–Kier alpha value is -1.26. The lowest BCUT2D eigenvalue weighted by molar-refractivity contribution is -0.133. The first-order chi connectivity index (χ1) is 11.0. The van der Waals surface area contributed by atoms with Crippen LogP contribution in [0.2, 0.25) is 10.0 Å². The lowest BCUT2D eigenvalue weighted by atomic mass is 9.98. The molecule has 0 spiro atoms. The molecule has 0 bridgehead atoms. The number of hydrogen-bond acceptors (Lipinski definition) is 2. The van der Waals surface area contributed by atoms with Gasteiger partial charge < -0.3 is 10.6 Å². The van der Waals surface area contributed by atoms with Crippen LogP contribution in [0.3, 0.4) is 0 Å². The second kappa shape index (κ2) is 8.21. The SMILES string of the molecule is Cl.N[C@@H](Cc1ccccc1)C(=O)N1CCc2cc(Cl)cc(Cl)c2C1. The van der Waals surface area contributed by atoms with E-state index in [1.807, 2.05) is 36.4 Å². The van der Waals surface area contributed by atoms with Gasteiger partial charge in [0.15, 0.2) is 0 Å². The molecule has 2 aromatic carbocycles. The van der Waals surface area contributed by atoms with E-state index in [-0.39, 0.29) is 18.3 Å². The molecule has 0 aromatic heterocycles. The molecule has 6 heteroatoms. The molecule has 1 aliphatic heterocycles. The Balaban J connectivity index is 0.00000208. The standard InChI is InChI=1S/C18H18Cl2N2O.ClH/c19-14-9-13-6-7-22(11-15(13)16(20)10-14)18(23)17(21)8-12-4-2-1-3-5-12;/h1-5,9-10,17H,6-8,11,21H2;1H/t17-;/m0./s1. The maximum Gasteiger partial charge on any atom is 0.240 e. The van der Waals surface area contributed by atoms with Crippen molar-refractivity contribution in [1.82, 2.24) is 4.90 Å². The van der Waals surface area contributed by atoms with E-state index in [1.165, 1.54) is 0 Å². The van der Waals surface area contributed by atoms with Crippen LogP contribution in [0.5, 0.6) is 0 Å². The van der Waals surface area contributed by atoms with Crippen molar-refractivity contribution >= 4 is 41.5 Å². The average Bonchev–Trinajstić information content (AvgIpc) is 2.54. The molecule has 0 aliphatic carbocycles. The van der Waals surface area contributed by atoms with Gasteiger partial charge in [0, 0.05) is 23.1 Å². The van der Waals surface area contributed by atoms with E-state index in [9.17, 15) is 4.79 Å². The number of nitrogens with zero attached hydrogens (tertiary/aromatic N) is 1. The minimum atomic E-state index is -0.537. The van der Waals surface area contributed by atoms with Crippen LogP contribution in [0, 0.1) is 0 Å². The van der Waals surface area contributed by atoms with E-state index < -0.39 is 6.04 Å². The Labute approximate surface area is 158 Å². The zero-order chi connectivity index (χ0) is 16.4. The molecule has 3 rings (SSSR count). The third kappa shape index (κ3) is 4.22. The third-order valence-corrected chi connectivity index (χ3v) is 4.74. The van der Waals surface area contributed by atoms with Crippen molar-refractivity contribution in [1.29, 1.82) is 0 Å². The van der Waals surface area contributed by atoms with Gasteiger partial charge >= 0.3 is 0 Å². The number of rotatable bonds is 3. The fourth-order valence-electron chi connectivity index (χ4n) is 2.96. The summed E-state index contributed by atoms with van der Waals surface area (Å²) in [5.74, 6) is -0.0366. The molecule has 0 saturated carbocycles. The summed E-state index contributed by atoms with van der Waals surface area (Å²) < 4.78 is 0. The zero-order valence-electron chi connectivity index (χ0n) is 13.0. The second-order valence-electron chi connectivity index (χ2n) is 5.83. The topological polar surface area (TPSA) is 46.3 Å². The molecule has 2 aromatic rings. The van der Waals surface area contributed by atoms with Gasteiger partial charge in [-0.15, -0.1) is 12.4 Å². The van der Waals surface area contributed by atoms with Gasteiger partial charge in [-0.2, -0.15) is 0 Å². The smallest absolute Gasteiger partial charge is 0.240 e. The fraction of sp³-hybridized carbons (Fsp3) is 0.278. The highest BCUT2D eigenvalue weighted by Gasteiger charge is 2.26. The Morgan fingerprint density at radius 3 is 2.62 bits per heavy atom. The monoisotopic (exact) mass is 384 g/mol. The van der Waals surface area contributed by atoms with Gasteiger partial charge in [-0.3, -0.25) is 4.79 Å².